The number of hydrogen-bond donors (Lipinski definition) is 2. The van der Waals surface area contributed by atoms with E-state index >= 15 is 0 Å². The second kappa shape index (κ2) is 5.70. The molecule has 1 amide bonds. The highest BCUT2D eigenvalue weighted by Gasteiger charge is 2.32. The van der Waals surface area contributed by atoms with E-state index in [4.69, 9.17) is 10.8 Å². The van der Waals surface area contributed by atoms with Crippen LogP contribution in [0.4, 0.5) is 0 Å². The molecule has 88 valence electrons. The van der Waals surface area contributed by atoms with Crippen LogP contribution in [-0.2, 0) is 9.59 Å². The summed E-state index contributed by atoms with van der Waals surface area (Å²) in [5.74, 6) is -0.991. The van der Waals surface area contributed by atoms with Gasteiger partial charge in [-0.3, -0.25) is 9.59 Å². The van der Waals surface area contributed by atoms with E-state index in [-0.39, 0.29) is 25.4 Å². The number of aliphatic carboxylic acids is 1. The number of nitrogens with two attached hydrogens (primary N) is 1. The van der Waals surface area contributed by atoms with Crippen molar-refractivity contribution in [3.63, 3.8) is 0 Å². The van der Waals surface area contributed by atoms with Crippen LogP contribution in [0.1, 0.15) is 26.7 Å². The Balaban J connectivity index is 4.36. The lowest BCUT2D eigenvalue weighted by atomic mass is 9.86. The fourth-order valence-electron chi connectivity index (χ4n) is 1.21. The molecular formula is C10H20N2O3. The minimum Gasteiger partial charge on any atom is -0.481 e. The van der Waals surface area contributed by atoms with E-state index in [1.807, 2.05) is 6.92 Å². The van der Waals surface area contributed by atoms with Gasteiger partial charge in [0.15, 0.2) is 0 Å². The molecule has 15 heavy (non-hydrogen) atoms. The first kappa shape index (κ1) is 13.9. The van der Waals surface area contributed by atoms with Crippen LogP contribution in [0, 0.1) is 5.41 Å². The molecule has 0 radical (unpaired) electrons. The Kier molecular flexibility index (Phi) is 5.28. The Morgan fingerprint density at radius 1 is 1.47 bits per heavy atom. The summed E-state index contributed by atoms with van der Waals surface area (Å²) in [6.07, 6.45) is 0.617. The van der Waals surface area contributed by atoms with Crippen molar-refractivity contribution in [1.29, 1.82) is 0 Å². The van der Waals surface area contributed by atoms with Crippen LogP contribution >= 0.6 is 0 Å². The Morgan fingerprint density at radius 2 is 2.00 bits per heavy atom. The summed E-state index contributed by atoms with van der Waals surface area (Å²) in [5, 5.41) is 8.50. The summed E-state index contributed by atoms with van der Waals surface area (Å²) in [7, 11) is 1.61. The largest absolute Gasteiger partial charge is 0.481 e. The smallest absolute Gasteiger partial charge is 0.305 e. The quantitative estimate of drug-likeness (QED) is 0.668. The topological polar surface area (TPSA) is 83.6 Å². The van der Waals surface area contributed by atoms with Gasteiger partial charge in [0.05, 0.1) is 11.8 Å². The number of carboxylic acids is 1. The lowest BCUT2D eigenvalue weighted by molar-refractivity contribution is -0.141. The third-order valence-corrected chi connectivity index (χ3v) is 2.75. The first-order chi connectivity index (χ1) is 6.87. The maximum Gasteiger partial charge on any atom is 0.305 e. The molecule has 0 heterocycles. The van der Waals surface area contributed by atoms with Crippen molar-refractivity contribution in [3.8, 4) is 0 Å². The lowest BCUT2D eigenvalue weighted by Gasteiger charge is -2.30. The fourth-order valence-corrected chi connectivity index (χ4v) is 1.21. The molecule has 3 N–H and O–H groups in total. The molecule has 0 aromatic carbocycles. The Morgan fingerprint density at radius 3 is 2.33 bits per heavy atom. The number of rotatable bonds is 6. The van der Waals surface area contributed by atoms with Gasteiger partial charge in [0.2, 0.25) is 5.91 Å². The molecule has 0 spiro atoms. The minimum absolute atomic E-state index is 0.0351. The van der Waals surface area contributed by atoms with Gasteiger partial charge in [-0.05, 0) is 13.3 Å². The van der Waals surface area contributed by atoms with E-state index in [1.165, 1.54) is 4.90 Å². The van der Waals surface area contributed by atoms with E-state index in [1.54, 1.807) is 14.0 Å². The highest BCUT2D eigenvalue weighted by molar-refractivity contribution is 5.82. The van der Waals surface area contributed by atoms with E-state index in [0.29, 0.717) is 6.42 Å². The first-order valence-electron chi connectivity index (χ1n) is 5.04. The predicted octanol–water partition coefficient (Wildman–Crippen LogP) is 0.295. The lowest BCUT2D eigenvalue weighted by Crippen LogP contribution is -2.45. The van der Waals surface area contributed by atoms with Crippen LogP contribution in [-0.4, -0.2) is 42.0 Å². The Labute approximate surface area is 90.2 Å². The summed E-state index contributed by atoms with van der Waals surface area (Å²) in [5.41, 5.74) is 4.97. The molecule has 1 unspecified atom stereocenters. The molecular weight excluding hydrogens is 196 g/mol. The summed E-state index contributed by atoms with van der Waals surface area (Å²) in [6.45, 7) is 4.20. The van der Waals surface area contributed by atoms with Gasteiger partial charge < -0.3 is 15.7 Å². The number of carbonyl (C=O) groups is 2. The number of amides is 1. The molecule has 0 saturated heterocycles. The number of nitrogens with zero attached hydrogens (tertiary/aromatic N) is 1. The van der Waals surface area contributed by atoms with Gasteiger partial charge in [-0.2, -0.15) is 0 Å². The summed E-state index contributed by atoms with van der Waals surface area (Å²) >= 11 is 0. The molecule has 0 aliphatic heterocycles. The van der Waals surface area contributed by atoms with Crippen molar-refractivity contribution < 1.29 is 14.7 Å². The van der Waals surface area contributed by atoms with Gasteiger partial charge in [-0.15, -0.1) is 0 Å². The summed E-state index contributed by atoms with van der Waals surface area (Å²) in [4.78, 5) is 23.7. The van der Waals surface area contributed by atoms with Crippen LogP contribution in [0.15, 0.2) is 0 Å². The van der Waals surface area contributed by atoms with Gasteiger partial charge in [0.1, 0.15) is 0 Å². The molecule has 5 heteroatoms. The Bertz CT molecular complexity index is 237. The molecule has 1 atom stereocenters. The molecule has 0 aromatic rings. The molecule has 5 nitrogen and oxygen atoms in total. The van der Waals surface area contributed by atoms with Crippen LogP contribution in [0.5, 0.6) is 0 Å². The number of carboxylic acid groups (broad SMARTS) is 1. The van der Waals surface area contributed by atoms with Crippen molar-refractivity contribution in [2.24, 2.45) is 11.1 Å². The van der Waals surface area contributed by atoms with Crippen LogP contribution in [0.25, 0.3) is 0 Å². The van der Waals surface area contributed by atoms with E-state index in [2.05, 4.69) is 0 Å². The minimum atomic E-state index is -0.902. The third kappa shape index (κ3) is 3.87. The fraction of sp³-hybridized carbons (Fsp3) is 0.800. The van der Waals surface area contributed by atoms with Crippen molar-refractivity contribution in [2.45, 2.75) is 26.7 Å². The Hall–Kier alpha value is -1.10. The van der Waals surface area contributed by atoms with Gasteiger partial charge in [0.25, 0.3) is 0 Å². The van der Waals surface area contributed by atoms with Gasteiger partial charge in [-0.25, -0.2) is 0 Å². The molecule has 0 aliphatic carbocycles. The molecule has 0 rings (SSSR count). The third-order valence-electron chi connectivity index (χ3n) is 2.75. The average molecular weight is 216 g/mol. The maximum absolute atomic E-state index is 11.9. The van der Waals surface area contributed by atoms with Crippen molar-refractivity contribution in [3.05, 3.63) is 0 Å². The van der Waals surface area contributed by atoms with Crippen molar-refractivity contribution >= 4 is 11.9 Å². The monoisotopic (exact) mass is 216 g/mol. The number of hydrogen-bond acceptors (Lipinski definition) is 3. The van der Waals surface area contributed by atoms with Crippen LogP contribution < -0.4 is 5.73 Å². The van der Waals surface area contributed by atoms with Crippen LogP contribution in [0.2, 0.25) is 0 Å². The zero-order chi connectivity index (χ0) is 12.1. The standard InChI is InChI=1S/C10H20N2O3/c1-4-10(2,7-11)9(15)12(3)6-5-8(13)14/h4-7,11H2,1-3H3,(H,13,14). The summed E-state index contributed by atoms with van der Waals surface area (Å²) < 4.78 is 0. The zero-order valence-electron chi connectivity index (χ0n) is 9.62. The zero-order valence-corrected chi connectivity index (χ0v) is 9.62. The average Bonchev–Trinajstić information content (AvgIpc) is 2.23. The second-order valence-electron chi connectivity index (χ2n) is 3.99. The molecule has 0 bridgehead atoms. The van der Waals surface area contributed by atoms with Crippen LogP contribution in [0.3, 0.4) is 0 Å². The van der Waals surface area contributed by atoms with E-state index in [9.17, 15) is 9.59 Å². The van der Waals surface area contributed by atoms with Gasteiger partial charge in [0, 0.05) is 20.1 Å². The summed E-state index contributed by atoms with van der Waals surface area (Å²) in [6, 6.07) is 0. The van der Waals surface area contributed by atoms with E-state index in [0.717, 1.165) is 0 Å². The first-order valence-corrected chi connectivity index (χ1v) is 5.04. The highest BCUT2D eigenvalue weighted by Crippen LogP contribution is 2.21. The predicted molar refractivity (Wildman–Crippen MR) is 57.3 cm³/mol. The van der Waals surface area contributed by atoms with Gasteiger partial charge in [-0.1, -0.05) is 6.92 Å². The molecule has 0 aromatic heterocycles. The molecule has 0 fully saturated rings. The van der Waals surface area contributed by atoms with Crippen molar-refractivity contribution in [1.82, 2.24) is 4.90 Å². The normalized spacial score (nSPS) is 14.4. The molecule has 0 saturated carbocycles. The van der Waals surface area contributed by atoms with E-state index < -0.39 is 11.4 Å². The number of carbonyl (C=O) groups excluding carboxylic acids is 1. The van der Waals surface area contributed by atoms with Gasteiger partial charge >= 0.3 is 5.97 Å². The molecule has 0 aliphatic rings. The maximum atomic E-state index is 11.9. The second-order valence-corrected chi connectivity index (χ2v) is 3.99. The SMILES string of the molecule is CCC(C)(CN)C(=O)N(C)CCC(=O)O. The van der Waals surface area contributed by atoms with Crippen molar-refractivity contribution in [2.75, 3.05) is 20.1 Å². The highest BCUT2D eigenvalue weighted by atomic mass is 16.4.